The van der Waals surface area contributed by atoms with Crippen LogP contribution in [0.2, 0.25) is 5.02 Å². The molecule has 1 heterocycles. The highest BCUT2D eigenvalue weighted by molar-refractivity contribution is 7.80. The van der Waals surface area contributed by atoms with E-state index in [2.05, 4.69) is 20.9 Å². The molecule has 0 bridgehead atoms. The van der Waals surface area contributed by atoms with E-state index in [4.69, 9.17) is 23.8 Å². The van der Waals surface area contributed by atoms with E-state index in [1.807, 2.05) is 19.1 Å². The van der Waals surface area contributed by atoms with Crippen molar-refractivity contribution in [3.05, 3.63) is 28.5 Å². The van der Waals surface area contributed by atoms with E-state index in [-0.39, 0.29) is 0 Å². The van der Waals surface area contributed by atoms with Crippen LogP contribution in [0.3, 0.4) is 0 Å². The molecule has 0 amide bonds. The molecule has 0 aliphatic carbocycles. The van der Waals surface area contributed by atoms with Crippen molar-refractivity contribution in [2.24, 2.45) is 0 Å². The molecule has 0 aromatic carbocycles. The lowest BCUT2D eigenvalue weighted by molar-refractivity contribution is 0.659. The van der Waals surface area contributed by atoms with Crippen molar-refractivity contribution in [3.63, 3.8) is 0 Å². The highest BCUT2D eigenvalue weighted by atomic mass is 35.5. The van der Waals surface area contributed by atoms with E-state index in [0.717, 1.165) is 29.5 Å². The second kappa shape index (κ2) is 7.42. The number of aryl methyl sites for hydroxylation is 1. The smallest absolute Gasteiger partial charge is 0.166 e. The number of aromatic nitrogens is 1. The fourth-order valence-electron chi connectivity index (χ4n) is 1.35. The fourth-order valence-corrected chi connectivity index (χ4v) is 1.74. The van der Waals surface area contributed by atoms with Crippen LogP contribution in [-0.4, -0.2) is 30.2 Å². The molecular formula is C11H17ClN4S. The van der Waals surface area contributed by atoms with Gasteiger partial charge in [0.1, 0.15) is 0 Å². The third-order valence-electron chi connectivity index (χ3n) is 2.09. The predicted octanol–water partition coefficient (Wildman–Crippen LogP) is 1.23. The van der Waals surface area contributed by atoms with Crippen molar-refractivity contribution in [1.82, 2.24) is 20.9 Å². The highest BCUT2D eigenvalue weighted by Crippen LogP contribution is 2.10. The fraction of sp³-hybridized carbons (Fsp3) is 0.455. The minimum Gasteiger partial charge on any atom is -0.366 e. The molecule has 17 heavy (non-hydrogen) atoms. The third kappa shape index (κ3) is 5.81. The Kier molecular flexibility index (Phi) is 6.18. The zero-order valence-corrected chi connectivity index (χ0v) is 11.6. The van der Waals surface area contributed by atoms with Crippen molar-refractivity contribution in [2.75, 3.05) is 20.1 Å². The SMILES string of the molecule is CNC(=S)NCCNCc1cc(Cl)cc(C)n1. The maximum Gasteiger partial charge on any atom is 0.166 e. The van der Waals surface area contributed by atoms with Crippen LogP contribution >= 0.6 is 23.8 Å². The van der Waals surface area contributed by atoms with Crippen LogP contribution in [0.1, 0.15) is 11.4 Å². The predicted molar refractivity (Wildman–Crippen MR) is 75.4 cm³/mol. The van der Waals surface area contributed by atoms with Gasteiger partial charge in [0.05, 0.1) is 5.69 Å². The van der Waals surface area contributed by atoms with Crippen molar-refractivity contribution < 1.29 is 0 Å². The van der Waals surface area contributed by atoms with Crippen LogP contribution in [0.15, 0.2) is 12.1 Å². The quantitative estimate of drug-likeness (QED) is 0.556. The molecule has 4 nitrogen and oxygen atoms in total. The molecule has 0 unspecified atom stereocenters. The van der Waals surface area contributed by atoms with Crippen molar-refractivity contribution in [3.8, 4) is 0 Å². The van der Waals surface area contributed by atoms with E-state index >= 15 is 0 Å². The summed E-state index contributed by atoms with van der Waals surface area (Å²) in [5.41, 5.74) is 1.88. The average Bonchev–Trinajstić information content (AvgIpc) is 2.27. The van der Waals surface area contributed by atoms with Crippen LogP contribution in [0.25, 0.3) is 0 Å². The van der Waals surface area contributed by atoms with Gasteiger partial charge in [-0.1, -0.05) is 11.6 Å². The number of thiocarbonyl (C=S) groups is 1. The Bertz CT molecular complexity index is 363. The lowest BCUT2D eigenvalue weighted by Gasteiger charge is -2.08. The molecule has 0 fully saturated rings. The van der Waals surface area contributed by atoms with Crippen LogP contribution in [0.5, 0.6) is 0 Å². The van der Waals surface area contributed by atoms with Crippen LogP contribution < -0.4 is 16.0 Å². The molecule has 0 radical (unpaired) electrons. The molecule has 0 saturated carbocycles. The summed E-state index contributed by atoms with van der Waals surface area (Å²) in [6, 6.07) is 3.71. The summed E-state index contributed by atoms with van der Waals surface area (Å²) in [6.07, 6.45) is 0. The largest absolute Gasteiger partial charge is 0.366 e. The molecule has 0 spiro atoms. The summed E-state index contributed by atoms with van der Waals surface area (Å²) in [4.78, 5) is 4.38. The first-order valence-corrected chi connectivity index (χ1v) is 6.20. The standard InChI is InChI=1S/C11H17ClN4S/c1-8-5-9(12)6-10(16-8)7-14-3-4-15-11(17)13-2/h5-6,14H,3-4,7H2,1-2H3,(H2,13,15,17). The Morgan fingerprint density at radius 2 is 2.18 bits per heavy atom. The first kappa shape index (κ1) is 14.2. The molecule has 1 aromatic rings. The summed E-state index contributed by atoms with van der Waals surface area (Å²) in [5, 5.41) is 10.6. The average molecular weight is 273 g/mol. The summed E-state index contributed by atoms with van der Waals surface area (Å²) >= 11 is 10.9. The Morgan fingerprint density at radius 3 is 2.82 bits per heavy atom. The Labute approximate surface area is 112 Å². The van der Waals surface area contributed by atoms with E-state index < -0.39 is 0 Å². The van der Waals surface area contributed by atoms with Crippen LogP contribution in [0.4, 0.5) is 0 Å². The monoisotopic (exact) mass is 272 g/mol. The first-order chi connectivity index (χ1) is 8.11. The Morgan fingerprint density at radius 1 is 1.41 bits per heavy atom. The summed E-state index contributed by atoms with van der Waals surface area (Å²) in [6.45, 7) is 4.23. The van der Waals surface area contributed by atoms with Crippen LogP contribution in [0, 0.1) is 6.92 Å². The number of rotatable bonds is 5. The second-order valence-electron chi connectivity index (χ2n) is 3.60. The van der Waals surface area contributed by atoms with Crippen molar-refractivity contribution in [1.29, 1.82) is 0 Å². The van der Waals surface area contributed by atoms with Gasteiger partial charge in [-0.3, -0.25) is 4.98 Å². The minimum absolute atomic E-state index is 0.656. The van der Waals surface area contributed by atoms with Gasteiger partial charge in [-0.25, -0.2) is 0 Å². The van der Waals surface area contributed by atoms with Gasteiger partial charge in [0.2, 0.25) is 0 Å². The topological polar surface area (TPSA) is 49.0 Å². The van der Waals surface area contributed by atoms with Gasteiger partial charge in [0.15, 0.2) is 5.11 Å². The number of hydrogen-bond donors (Lipinski definition) is 3. The molecule has 1 aromatic heterocycles. The summed E-state index contributed by atoms with van der Waals surface area (Å²) in [7, 11) is 1.79. The maximum absolute atomic E-state index is 5.95. The lowest BCUT2D eigenvalue weighted by atomic mass is 10.3. The van der Waals surface area contributed by atoms with Crippen molar-refractivity contribution in [2.45, 2.75) is 13.5 Å². The lowest BCUT2D eigenvalue weighted by Crippen LogP contribution is -2.37. The minimum atomic E-state index is 0.656. The molecule has 6 heteroatoms. The van der Waals surface area contributed by atoms with Gasteiger partial charge in [-0.2, -0.15) is 0 Å². The molecule has 0 aliphatic rings. The zero-order chi connectivity index (χ0) is 12.7. The zero-order valence-electron chi connectivity index (χ0n) is 10.0. The highest BCUT2D eigenvalue weighted by Gasteiger charge is 1.98. The number of hydrogen-bond acceptors (Lipinski definition) is 3. The molecular weight excluding hydrogens is 256 g/mol. The number of nitrogens with zero attached hydrogens (tertiary/aromatic N) is 1. The van der Waals surface area contributed by atoms with Gasteiger partial charge < -0.3 is 16.0 Å². The third-order valence-corrected chi connectivity index (χ3v) is 2.66. The van der Waals surface area contributed by atoms with Gasteiger partial charge >= 0.3 is 0 Å². The van der Waals surface area contributed by atoms with Crippen LogP contribution in [-0.2, 0) is 6.54 Å². The van der Waals surface area contributed by atoms with Gasteiger partial charge in [0, 0.05) is 37.4 Å². The normalized spacial score (nSPS) is 10.1. The first-order valence-electron chi connectivity index (χ1n) is 5.41. The van der Waals surface area contributed by atoms with Gasteiger partial charge in [-0.15, -0.1) is 0 Å². The van der Waals surface area contributed by atoms with E-state index in [9.17, 15) is 0 Å². The Balaban J connectivity index is 2.24. The summed E-state index contributed by atoms with van der Waals surface area (Å²) in [5.74, 6) is 0. The molecule has 1 rings (SSSR count). The van der Waals surface area contributed by atoms with E-state index in [1.54, 1.807) is 7.05 Å². The molecule has 0 atom stereocenters. The molecule has 0 saturated heterocycles. The summed E-state index contributed by atoms with van der Waals surface area (Å²) < 4.78 is 0. The number of pyridine rings is 1. The molecule has 94 valence electrons. The maximum atomic E-state index is 5.95. The number of halogens is 1. The second-order valence-corrected chi connectivity index (χ2v) is 4.45. The molecule has 0 aliphatic heterocycles. The van der Waals surface area contributed by atoms with E-state index in [1.165, 1.54) is 0 Å². The molecule has 3 N–H and O–H groups in total. The number of nitrogens with one attached hydrogen (secondary N) is 3. The van der Waals surface area contributed by atoms with Crippen molar-refractivity contribution >= 4 is 28.9 Å². The Hall–Kier alpha value is -0.910. The van der Waals surface area contributed by atoms with Gasteiger partial charge in [-0.05, 0) is 31.3 Å². The van der Waals surface area contributed by atoms with Gasteiger partial charge in [0.25, 0.3) is 0 Å². The van der Waals surface area contributed by atoms with E-state index in [0.29, 0.717) is 11.7 Å².